The number of carboxylic acids is 1. The van der Waals surface area contributed by atoms with Crippen LogP contribution in [0.1, 0.15) is 119 Å². The zero-order valence-electron chi connectivity index (χ0n) is 31.2. The maximum Gasteiger partial charge on any atom is 0.309 e. The van der Waals surface area contributed by atoms with Gasteiger partial charge in [0.15, 0.2) is 0 Å². The Morgan fingerprint density at radius 2 is 1.73 bits per heavy atom. The number of nitrogens with one attached hydrogen (secondary N) is 1. The lowest BCUT2D eigenvalue weighted by Gasteiger charge is -2.32. The second-order valence-corrected chi connectivity index (χ2v) is 16.1. The summed E-state index contributed by atoms with van der Waals surface area (Å²) in [7, 11) is 0. The van der Waals surface area contributed by atoms with E-state index in [1.165, 1.54) is 24.8 Å². The molecule has 0 radical (unpaired) electrons. The van der Waals surface area contributed by atoms with Crippen LogP contribution in [-0.4, -0.2) is 54.2 Å². The Balaban J connectivity index is 1.14. The molecule has 7 N–H and O–H groups in total. The number of rotatable bonds is 21. The lowest BCUT2D eigenvalue weighted by Crippen LogP contribution is -2.37. The molecule has 2 heterocycles. The Morgan fingerprint density at radius 1 is 0.942 bits per heavy atom. The number of aliphatic hydroxyl groups excluding tert-OH is 2. The molecule has 1 aromatic carbocycles. The van der Waals surface area contributed by atoms with Crippen LogP contribution in [0.5, 0.6) is 0 Å². The fourth-order valence-corrected chi connectivity index (χ4v) is 9.01. The molecule has 0 saturated heterocycles. The summed E-state index contributed by atoms with van der Waals surface area (Å²) in [6.07, 6.45) is 18.6. The van der Waals surface area contributed by atoms with Crippen molar-refractivity contribution in [2.75, 3.05) is 5.73 Å². The molecule has 1 saturated carbocycles. The number of aliphatic hydroxyl groups is 3. The monoisotopic (exact) mass is 713 g/mol. The van der Waals surface area contributed by atoms with E-state index >= 15 is 0 Å². The third-order valence-electron chi connectivity index (χ3n) is 12.0. The molecule has 2 aliphatic carbocycles. The average Bonchev–Trinajstić information content (AvgIpc) is 3.69. The van der Waals surface area contributed by atoms with Gasteiger partial charge in [-0.25, -0.2) is 4.98 Å². The third-order valence-corrected chi connectivity index (χ3v) is 12.0. The minimum absolute atomic E-state index is 0.0359. The van der Waals surface area contributed by atoms with Crippen LogP contribution in [-0.2, 0) is 24.1 Å². The van der Waals surface area contributed by atoms with Crippen molar-refractivity contribution in [2.45, 2.75) is 134 Å². The summed E-state index contributed by atoms with van der Waals surface area (Å²) in [5.41, 5.74) is 9.48. The summed E-state index contributed by atoms with van der Waals surface area (Å²) in [5, 5.41) is 44.3. The number of allylic oxidation sites excluding steroid dienone is 1. The number of aromatic amines is 1. The summed E-state index contributed by atoms with van der Waals surface area (Å²) in [4.78, 5) is 20.0. The van der Waals surface area contributed by atoms with E-state index in [4.69, 9.17) is 5.73 Å². The Morgan fingerprint density at radius 3 is 2.48 bits per heavy atom. The highest BCUT2D eigenvalue weighted by Gasteiger charge is 2.46. The van der Waals surface area contributed by atoms with E-state index < -0.39 is 23.6 Å². The minimum Gasteiger partial charge on any atom is -0.481 e. The molecule has 284 valence electrons. The van der Waals surface area contributed by atoms with Crippen LogP contribution in [0.4, 0.5) is 5.82 Å². The van der Waals surface area contributed by atoms with Crippen LogP contribution < -0.4 is 5.73 Å². The van der Waals surface area contributed by atoms with E-state index in [-0.39, 0.29) is 30.3 Å². The Hall–Kier alpha value is -3.46. The number of carbonyl (C=O) groups is 1. The number of carboxylic acid groups (broad SMARTS) is 1. The third kappa shape index (κ3) is 11.8. The smallest absolute Gasteiger partial charge is 0.309 e. The van der Waals surface area contributed by atoms with Crippen molar-refractivity contribution in [3.05, 3.63) is 95.5 Å². The summed E-state index contributed by atoms with van der Waals surface area (Å²) < 4.78 is 0. The zero-order valence-corrected chi connectivity index (χ0v) is 31.2. The van der Waals surface area contributed by atoms with Crippen molar-refractivity contribution < 1.29 is 25.2 Å². The summed E-state index contributed by atoms with van der Waals surface area (Å²) in [6, 6.07) is 18.4. The predicted octanol–water partition coefficient (Wildman–Crippen LogP) is 8.05. The number of hydrogen-bond donors (Lipinski definition) is 6. The van der Waals surface area contributed by atoms with Crippen molar-refractivity contribution in [2.24, 2.45) is 29.6 Å². The van der Waals surface area contributed by atoms with Gasteiger partial charge in [-0.15, -0.1) is 0 Å². The van der Waals surface area contributed by atoms with Crippen LogP contribution in [0.15, 0.2) is 72.9 Å². The second kappa shape index (κ2) is 19.6. The molecular weight excluding hydrogens is 650 g/mol. The molecule has 8 atom stereocenters. The SMILES string of the molecule is CCCCC[C@@H]1C=C[C@@H](CCCCC[C@H](C(=O)O)[C@H](O)CC[C@]2(O)C[C@H](Cc3ccnc(N)c3)C[C@H]2Cc2ccc(Cc3ccccc3)[nH]2)[C@H](O)C1. The summed E-state index contributed by atoms with van der Waals surface area (Å²) in [6.45, 7) is 2.21. The van der Waals surface area contributed by atoms with Crippen molar-refractivity contribution >= 4 is 11.8 Å². The van der Waals surface area contributed by atoms with Gasteiger partial charge in [-0.3, -0.25) is 4.79 Å². The fourth-order valence-electron chi connectivity index (χ4n) is 9.01. The number of nitrogens with two attached hydrogens (primary N) is 1. The first-order chi connectivity index (χ1) is 25.1. The first-order valence-corrected chi connectivity index (χ1v) is 20.0. The topological polar surface area (TPSA) is 153 Å². The molecular formula is C44H63N3O5. The summed E-state index contributed by atoms with van der Waals surface area (Å²) in [5.74, 6) is -0.522. The Kier molecular flexibility index (Phi) is 15.0. The quantitative estimate of drug-likeness (QED) is 0.0483. The van der Waals surface area contributed by atoms with Gasteiger partial charge in [0.05, 0.1) is 23.7 Å². The molecule has 0 spiro atoms. The van der Waals surface area contributed by atoms with Crippen molar-refractivity contribution in [1.29, 1.82) is 0 Å². The van der Waals surface area contributed by atoms with Gasteiger partial charge in [-0.2, -0.15) is 0 Å². The maximum atomic E-state index is 12.3. The molecule has 0 unspecified atom stereocenters. The van der Waals surface area contributed by atoms with E-state index in [1.807, 2.05) is 30.3 Å². The number of nitrogens with zero attached hydrogens (tertiary/aromatic N) is 1. The van der Waals surface area contributed by atoms with Gasteiger partial charge in [0, 0.05) is 29.9 Å². The van der Waals surface area contributed by atoms with Crippen LogP contribution >= 0.6 is 0 Å². The van der Waals surface area contributed by atoms with Crippen LogP contribution in [0.25, 0.3) is 0 Å². The first-order valence-electron chi connectivity index (χ1n) is 20.0. The lowest BCUT2D eigenvalue weighted by atomic mass is 9.80. The molecule has 1 fully saturated rings. The number of anilines is 1. The maximum absolute atomic E-state index is 12.3. The fraction of sp³-hybridized carbons (Fsp3) is 0.591. The first kappa shape index (κ1) is 39.7. The minimum atomic E-state index is -1.03. The van der Waals surface area contributed by atoms with Gasteiger partial charge in [0.25, 0.3) is 0 Å². The van der Waals surface area contributed by atoms with Gasteiger partial charge in [0.2, 0.25) is 0 Å². The van der Waals surface area contributed by atoms with Gasteiger partial charge in [0.1, 0.15) is 5.82 Å². The molecule has 0 bridgehead atoms. The molecule has 5 rings (SSSR count). The number of unbranched alkanes of at least 4 members (excludes halogenated alkanes) is 4. The van der Waals surface area contributed by atoms with E-state index in [2.05, 4.69) is 53.3 Å². The van der Waals surface area contributed by atoms with Gasteiger partial charge in [-0.05, 0) is 117 Å². The molecule has 2 aromatic heterocycles. The standard InChI is InChI=1S/C44H63N3O5/c1-2-3-6-11-32-16-17-35(41(49)27-32)14-9-5-10-15-39(43(50)51)40(48)20-22-44(52)30-34(24-33-21-23-46-42(45)28-33)25-36(44)29-38-19-18-37(47-38)26-31-12-7-4-8-13-31/h4,7-8,12-13,16-19,21,23,28,32,34-36,39-41,47-49,52H,2-3,5-6,9-11,14-15,20,22,24-27,29-30H2,1H3,(H2,45,46)(H,50,51)/t32-,34-,35-,36+,39+,40-,41-,44+/m1/s1. The van der Waals surface area contributed by atoms with E-state index in [1.54, 1.807) is 6.20 Å². The van der Waals surface area contributed by atoms with Crippen molar-refractivity contribution in [3.63, 3.8) is 0 Å². The average molecular weight is 714 g/mol. The van der Waals surface area contributed by atoms with Gasteiger partial charge < -0.3 is 31.1 Å². The molecule has 2 aliphatic rings. The van der Waals surface area contributed by atoms with Crippen molar-refractivity contribution in [3.8, 4) is 0 Å². The number of pyridine rings is 1. The zero-order chi connectivity index (χ0) is 36.9. The number of H-pyrrole nitrogens is 1. The number of nitrogen functional groups attached to an aromatic ring is 1. The van der Waals surface area contributed by atoms with Gasteiger partial charge >= 0.3 is 5.97 Å². The number of aromatic nitrogens is 2. The van der Waals surface area contributed by atoms with E-state index in [9.17, 15) is 25.2 Å². The van der Waals surface area contributed by atoms with E-state index in [0.29, 0.717) is 43.8 Å². The molecule has 52 heavy (non-hydrogen) atoms. The highest BCUT2D eigenvalue weighted by atomic mass is 16.4. The number of hydrogen-bond acceptors (Lipinski definition) is 6. The molecule has 8 nitrogen and oxygen atoms in total. The van der Waals surface area contributed by atoms with Crippen molar-refractivity contribution in [1.82, 2.24) is 9.97 Å². The normalized spacial score (nSPS) is 25.7. The molecule has 8 heteroatoms. The molecule has 0 amide bonds. The van der Waals surface area contributed by atoms with Crippen LogP contribution in [0.2, 0.25) is 0 Å². The number of benzene rings is 1. The molecule has 0 aliphatic heterocycles. The van der Waals surface area contributed by atoms with Crippen LogP contribution in [0, 0.1) is 29.6 Å². The highest BCUT2D eigenvalue weighted by molar-refractivity contribution is 5.70. The Labute approximate surface area is 311 Å². The Bertz CT molecular complexity index is 1540. The predicted molar refractivity (Wildman–Crippen MR) is 208 cm³/mol. The summed E-state index contributed by atoms with van der Waals surface area (Å²) >= 11 is 0. The largest absolute Gasteiger partial charge is 0.481 e. The van der Waals surface area contributed by atoms with E-state index in [0.717, 1.165) is 68.3 Å². The molecule has 3 aromatic rings. The second-order valence-electron chi connectivity index (χ2n) is 16.1. The lowest BCUT2D eigenvalue weighted by molar-refractivity contribution is -0.146. The number of aliphatic carboxylic acids is 1. The highest BCUT2D eigenvalue weighted by Crippen LogP contribution is 2.46. The van der Waals surface area contributed by atoms with Crippen LogP contribution in [0.3, 0.4) is 0 Å². The van der Waals surface area contributed by atoms with Gasteiger partial charge in [-0.1, -0.05) is 87.9 Å².